The van der Waals surface area contributed by atoms with E-state index < -0.39 is 51.1 Å². The molecule has 2 aliphatic carbocycles. The fourth-order valence-corrected chi connectivity index (χ4v) is 9.04. The van der Waals surface area contributed by atoms with Gasteiger partial charge in [-0.2, -0.15) is 0 Å². The van der Waals surface area contributed by atoms with Gasteiger partial charge in [-0.25, -0.2) is 0 Å². The van der Waals surface area contributed by atoms with Gasteiger partial charge in [0.1, 0.15) is 0 Å². The lowest BCUT2D eigenvalue weighted by Gasteiger charge is -2.50. The second-order valence-electron chi connectivity index (χ2n) is 10.5. The van der Waals surface area contributed by atoms with Crippen LogP contribution in [0.15, 0.2) is 57.0 Å². The number of ether oxygens (including phenoxy) is 1. The summed E-state index contributed by atoms with van der Waals surface area (Å²) in [5.74, 6) is -5.21. The van der Waals surface area contributed by atoms with Crippen molar-refractivity contribution in [1.82, 2.24) is 4.90 Å². The summed E-state index contributed by atoms with van der Waals surface area (Å²) in [4.78, 5) is 53.6. The van der Waals surface area contributed by atoms with Gasteiger partial charge in [-0.1, -0.05) is 43.5 Å². The molecule has 2 aliphatic heterocycles. The largest absolute Gasteiger partial charge is 0.503 e. The number of phenolic OH excluding ortho intramolecular Hbond substituents is 1. The van der Waals surface area contributed by atoms with E-state index in [9.17, 15) is 24.3 Å². The SMILES string of the molecule is COc1cc(C2C3=CCC4C(=O)N(c5ccc(Br)cc5)C(=O)C4C3CC3(Cl)C(=O)N(CBr)C(=O)C23Cl)cc(Br)c1O. The van der Waals surface area contributed by atoms with Crippen molar-refractivity contribution in [2.45, 2.75) is 28.5 Å². The minimum Gasteiger partial charge on any atom is -0.503 e. The van der Waals surface area contributed by atoms with Gasteiger partial charge in [0.15, 0.2) is 21.2 Å². The molecule has 8 nitrogen and oxygen atoms in total. The number of alkyl halides is 3. The number of carbonyl (C=O) groups excluding carboxylic acids is 4. The lowest BCUT2D eigenvalue weighted by Crippen LogP contribution is -2.60. The van der Waals surface area contributed by atoms with Crippen LogP contribution in [0.1, 0.15) is 24.3 Å². The van der Waals surface area contributed by atoms with Gasteiger partial charge >= 0.3 is 0 Å². The van der Waals surface area contributed by atoms with Gasteiger partial charge in [0.05, 0.1) is 34.6 Å². The number of halogens is 5. The van der Waals surface area contributed by atoms with Crippen molar-refractivity contribution in [3.63, 3.8) is 0 Å². The van der Waals surface area contributed by atoms with Crippen molar-refractivity contribution in [3.8, 4) is 11.5 Å². The number of phenols is 1. The summed E-state index contributed by atoms with van der Waals surface area (Å²) in [6, 6.07) is 10.0. The van der Waals surface area contributed by atoms with Gasteiger partial charge in [0.25, 0.3) is 11.8 Å². The number of amides is 4. The maximum absolute atomic E-state index is 14.0. The first-order valence-corrected chi connectivity index (χ1v) is 16.1. The minimum absolute atomic E-state index is 0.112. The van der Waals surface area contributed by atoms with Crippen LogP contribution < -0.4 is 9.64 Å². The van der Waals surface area contributed by atoms with Crippen molar-refractivity contribution in [3.05, 3.63) is 62.6 Å². The van der Waals surface area contributed by atoms with Gasteiger partial charge in [-0.05, 0) is 76.7 Å². The fraction of sp³-hybridized carbons (Fsp3) is 0.357. The number of carbonyl (C=O) groups is 4. The fourth-order valence-electron chi connectivity index (χ4n) is 6.89. The Bertz CT molecular complexity index is 1570. The highest BCUT2D eigenvalue weighted by molar-refractivity contribution is 9.11. The first kappa shape index (κ1) is 29.2. The highest BCUT2D eigenvalue weighted by atomic mass is 79.9. The number of rotatable bonds is 4. The molecular formula is C28H21Br3Cl2N2O6. The number of allylic oxidation sites excluding steroid dienone is 2. The van der Waals surface area contributed by atoms with Crippen molar-refractivity contribution in [2.75, 3.05) is 17.5 Å². The van der Waals surface area contributed by atoms with Crippen LogP contribution in [-0.2, 0) is 19.2 Å². The Hall–Kier alpha value is -1.92. The Morgan fingerprint density at radius 1 is 1.02 bits per heavy atom. The van der Waals surface area contributed by atoms with Crippen molar-refractivity contribution in [1.29, 1.82) is 0 Å². The maximum atomic E-state index is 14.0. The van der Waals surface area contributed by atoms with Crippen LogP contribution in [0.5, 0.6) is 11.5 Å². The highest BCUT2D eigenvalue weighted by Crippen LogP contribution is 2.66. The molecule has 0 radical (unpaired) electrons. The summed E-state index contributed by atoms with van der Waals surface area (Å²) in [6.07, 6.45) is 1.99. The Morgan fingerprint density at radius 2 is 1.71 bits per heavy atom. The monoisotopic (exact) mass is 788 g/mol. The number of benzene rings is 2. The molecule has 0 aromatic heterocycles. The average Bonchev–Trinajstić information content (AvgIpc) is 3.28. The van der Waals surface area contributed by atoms with E-state index in [1.807, 2.05) is 6.08 Å². The average molecular weight is 792 g/mol. The lowest BCUT2D eigenvalue weighted by atomic mass is 9.56. The molecule has 41 heavy (non-hydrogen) atoms. The number of imide groups is 2. The molecule has 1 N–H and O–H groups in total. The molecule has 4 aliphatic rings. The number of hydrogen-bond acceptors (Lipinski definition) is 6. The zero-order valence-electron chi connectivity index (χ0n) is 21.2. The van der Waals surface area contributed by atoms with Gasteiger partial charge in [0, 0.05) is 10.4 Å². The predicted octanol–water partition coefficient (Wildman–Crippen LogP) is 5.84. The van der Waals surface area contributed by atoms with E-state index in [1.165, 1.54) is 12.0 Å². The number of hydrogen-bond donors (Lipinski definition) is 1. The molecule has 6 atom stereocenters. The molecule has 214 valence electrons. The smallest absolute Gasteiger partial charge is 0.254 e. The first-order valence-electron chi connectivity index (χ1n) is 12.6. The van der Waals surface area contributed by atoms with E-state index in [2.05, 4.69) is 47.8 Å². The van der Waals surface area contributed by atoms with Gasteiger partial charge in [0.2, 0.25) is 11.8 Å². The van der Waals surface area contributed by atoms with Crippen LogP contribution in [0.25, 0.3) is 0 Å². The second kappa shape index (κ2) is 10.1. The Labute approximate surface area is 270 Å². The number of methoxy groups -OCH3 is 1. The van der Waals surface area contributed by atoms with Crippen molar-refractivity contribution >= 4 is 100 Å². The van der Waals surface area contributed by atoms with Crippen LogP contribution in [0.3, 0.4) is 0 Å². The van der Waals surface area contributed by atoms with E-state index in [-0.39, 0.29) is 40.2 Å². The number of fused-ring (bicyclic) bond motifs is 4. The molecule has 4 amide bonds. The molecule has 0 spiro atoms. The molecule has 2 heterocycles. The summed E-state index contributed by atoms with van der Waals surface area (Å²) in [7, 11) is 1.39. The van der Waals surface area contributed by atoms with Crippen LogP contribution >= 0.6 is 71.0 Å². The molecule has 6 unspecified atom stereocenters. The molecule has 6 rings (SSSR count). The van der Waals surface area contributed by atoms with Crippen LogP contribution in [0, 0.1) is 17.8 Å². The highest BCUT2D eigenvalue weighted by Gasteiger charge is 2.76. The summed E-state index contributed by atoms with van der Waals surface area (Å²) in [5.41, 5.74) is 1.44. The maximum Gasteiger partial charge on any atom is 0.254 e. The van der Waals surface area contributed by atoms with Crippen molar-refractivity contribution < 1.29 is 29.0 Å². The minimum atomic E-state index is -1.95. The summed E-state index contributed by atoms with van der Waals surface area (Å²) >= 11 is 24.4. The standard InChI is InChI=1S/C28H21Br3Cl2N2O6/c1-41-19-9-12(8-18(31)22(19)36)21-15-6-7-16-20(24(38)35(23(16)37)14-4-2-13(30)3-5-14)17(15)10-27(32)25(39)34(11-29)26(40)28(21,27)33/h2-6,8-9,16-17,20-21,36H,7,10-11H2,1H3. The predicted molar refractivity (Wildman–Crippen MR) is 162 cm³/mol. The quantitative estimate of drug-likeness (QED) is 0.181. The topological polar surface area (TPSA) is 104 Å². The lowest BCUT2D eigenvalue weighted by molar-refractivity contribution is -0.138. The second-order valence-corrected chi connectivity index (χ2v) is 14.0. The Balaban J connectivity index is 1.54. The van der Waals surface area contributed by atoms with Crippen LogP contribution in [-0.4, -0.2) is 55.9 Å². The van der Waals surface area contributed by atoms with E-state index in [0.29, 0.717) is 16.8 Å². The number of nitrogens with zero attached hydrogens (tertiary/aromatic N) is 2. The van der Waals surface area contributed by atoms with Gasteiger partial charge in [-0.15, -0.1) is 23.2 Å². The van der Waals surface area contributed by atoms with E-state index in [4.69, 9.17) is 27.9 Å². The molecule has 0 bridgehead atoms. The van der Waals surface area contributed by atoms with E-state index in [1.54, 1.807) is 36.4 Å². The van der Waals surface area contributed by atoms with Gasteiger partial charge in [-0.3, -0.25) is 29.0 Å². The third-order valence-corrected chi connectivity index (χ3v) is 11.8. The number of anilines is 1. The van der Waals surface area contributed by atoms with E-state index in [0.717, 1.165) is 9.37 Å². The van der Waals surface area contributed by atoms with Crippen LogP contribution in [0.4, 0.5) is 5.69 Å². The summed E-state index contributed by atoms with van der Waals surface area (Å²) < 4.78 is 6.46. The number of likely N-dealkylation sites (tertiary alicyclic amines) is 1. The molecular weight excluding hydrogens is 771 g/mol. The molecule has 2 saturated heterocycles. The van der Waals surface area contributed by atoms with Gasteiger partial charge < -0.3 is 9.84 Å². The van der Waals surface area contributed by atoms with Crippen LogP contribution in [0.2, 0.25) is 0 Å². The number of aromatic hydroxyl groups is 1. The summed E-state index contributed by atoms with van der Waals surface area (Å²) in [5, 5.41) is 10.5. The first-order chi connectivity index (χ1) is 19.4. The third-order valence-electron chi connectivity index (χ3n) is 8.70. The molecule has 1 saturated carbocycles. The molecule has 2 aromatic rings. The van der Waals surface area contributed by atoms with Crippen molar-refractivity contribution in [2.24, 2.45) is 17.8 Å². The molecule has 3 fully saturated rings. The Morgan fingerprint density at radius 3 is 2.34 bits per heavy atom. The summed E-state index contributed by atoms with van der Waals surface area (Å²) in [6.45, 7) is 0. The van der Waals surface area contributed by atoms with E-state index >= 15 is 0 Å². The Kier molecular flexibility index (Phi) is 7.17. The third kappa shape index (κ3) is 3.88. The molecule has 13 heteroatoms. The zero-order valence-corrected chi connectivity index (χ0v) is 27.5. The normalized spacial score (nSPS) is 32.6. The molecule has 2 aromatic carbocycles. The zero-order chi connectivity index (χ0) is 29.6.